The van der Waals surface area contributed by atoms with Crippen LogP contribution in [0.2, 0.25) is 0 Å². The van der Waals surface area contributed by atoms with Crippen LogP contribution in [0, 0.1) is 0 Å². The van der Waals surface area contributed by atoms with E-state index in [1.54, 1.807) is 6.07 Å². The predicted octanol–water partition coefficient (Wildman–Crippen LogP) is 11.0. The quantitative estimate of drug-likeness (QED) is 0.193. The van der Waals surface area contributed by atoms with Crippen LogP contribution in [0.4, 0.5) is 0 Å². The van der Waals surface area contributed by atoms with Gasteiger partial charge in [-0.2, -0.15) is 0 Å². The molecule has 0 aliphatic heterocycles. The lowest BCUT2D eigenvalue weighted by atomic mass is 9.94. The van der Waals surface area contributed by atoms with E-state index in [0.717, 1.165) is 44.2 Å². The van der Waals surface area contributed by atoms with Gasteiger partial charge in [0.15, 0.2) is 17.5 Å². The Hall–Kier alpha value is -6.19. The minimum Gasteiger partial charge on any atom is -0.208 e. The van der Waals surface area contributed by atoms with Crippen molar-refractivity contribution < 1.29 is 6.85 Å². The van der Waals surface area contributed by atoms with Gasteiger partial charge in [-0.3, -0.25) is 0 Å². The van der Waals surface area contributed by atoms with Crippen molar-refractivity contribution in [3.8, 4) is 67.5 Å². The molecule has 3 nitrogen and oxygen atoms in total. The van der Waals surface area contributed by atoms with Crippen LogP contribution in [0.1, 0.15) is 6.85 Å². The summed E-state index contributed by atoms with van der Waals surface area (Å²) in [5.41, 5.74) is 6.78. The van der Waals surface area contributed by atoms with Crippen molar-refractivity contribution in [2.24, 2.45) is 0 Å². The summed E-state index contributed by atoms with van der Waals surface area (Å²) in [6.45, 7) is 0. The molecule has 0 saturated carbocycles. The lowest BCUT2D eigenvalue weighted by molar-refractivity contribution is 1.07. The number of benzene rings is 7. The van der Waals surface area contributed by atoms with E-state index >= 15 is 0 Å². The number of fused-ring (bicyclic) bond motifs is 1. The minimum atomic E-state index is -0.438. The summed E-state index contributed by atoms with van der Waals surface area (Å²) in [6.07, 6.45) is 0. The molecule has 7 aromatic carbocycles. The van der Waals surface area contributed by atoms with Crippen molar-refractivity contribution in [1.82, 2.24) is 15.0 Å². The molecular weight excluding hydrogens is 558 g/mol. The summed E-state index contributed by atoms with van der Waals surface area (Å²) in [5, 5.41) is 2.12. The van der Waals surface area contributed by atoms with Crippen LogP contribution in [-0.2, 0) is 0 Å². The highest BCUT2D eigenvalue weighted by Crippen LogP contribution is 2.35. The highest BCUT2D eigenvalue weighted by atomic mass is 15.0. The third-order valence-corrected chi connectivity index (χ3v) is 7.96. The Labute approximate surface area is 275 Å². The third-order valence-electron chi connectivity index (χ3n) is 7.96. The van der Waals surface area contributed by atoms with E-state index in [1.165, 1.54) is 0 Å². The smallest absolute Gasteiger partial charge is 0.164 e. The molecule has 0 saturated heterocycles. The average molecular weight is 593 g/mol. The van der Waals surface area contributed by atoms with E-state index in [4.69, 9.17) is 21.8 Å². The second-order valence-corrected chi connectivity index (χ2v) is 11.0. The molecule has 0 fully saturated rings. The van der Waals surface area contributed by atoms with Gasteiger partial charge >= 0.3 is 0 Å². The summed E-state index contributed by atoms with van der Waals surface area (Å²) in [4.78, 5) is 14.7. The molecule has 0 N–H and O–H groups in total. The number of nitrogens with zero attached hydrogens (tertiary/aromatic N) is 3. The van der Waals surface area contributed by atoms with E-state index in [9.17, 15) is 0 Å². The molecule has 216 valence electrons. The maximum absolute atomic E-state index is 8.80. The van der Waals surface area contributed by atoms with Gasteiger partial charge in [-0.1, -0.05) is 145 Å². The van der Waals surface area contributed by atoms with E-state index in [1.807, 2.05) is 97.1 Å². The van der Waals surface area contributed by atoms with E-state index in [2.05, 4.69) is 42.5 Å². The highest BCUT2D eigenvalue weighted by molar-refractivity contribution is 5.92. The average Bonchev–Trinajstić information content (AvgIpc) is 3.19. The van der Waals surface area contributed by atoms with Crippen molar-refractivity contribution >= 4 is 10.8 Å². The van der Waals surface area contributed by atoms with Gasteiger partial charge in [0.25, 0.3) is 0 Å². The van der Waals surface area contributed by atoms with Crippen molar-refractivity contribution in [2.75, 3.05) is 0 Å². The maximum Gasteiger partial charge on any atom is 0.164 e. The van der Waals surface area contributed by atoms with Crippen LogP contribution >= 0.6 is 0 Å². The van der Waals surface area contributed by atoms with Gasteiger partial charge in [-0.15, -0.1) is 0 Å². The first-order valence-corrected chi connectivity index (χ1v) is 15.0. The highest BCUT2D eigenvalue weighted by Gasteiger charge is 2.15. The van der Waals surface area contributed by atoms with Crippen LogP contribution in [0.3, 0.4) is 0 Å². The first kappa shape index (κ1) is 22.3. The monoisotopic (exact) mass is 592 g/mol. The Bertz CT molecular complexity index is 2490. The molecule has 0 spiro atoms. The summed E-state index contributed by atoms with van der Waals surface area (Å²) in [6, 6.07) is 46.1. The molecule has 8 rings (SSSR count). The van der Waals surface area contributed by atoms with Crippen LogP contribution in [0.15, 0.2) is 176 Å². The van der Waals surface area contributed by atoms with Gasteiger partial charge in [0, 0.05) is 16.7 Å². The Kier molecular flexibility index (Phi) is 5.86. The van der Waals surface area contributed by atoms with Crippen molar-refractivity contribution in [2.45, 2.75) is 0 Å². The normalized spacial score (nSPS) is 12.6. The molecule has 0 amide bonds. The molecule has 0 radical (unpaired) electrons. The van der Waals surface area contributed by atoms with Crippen molar-refractivity contribution in [3.05, 3.63) is 176 Å². The molecule has 0 atom stereocenters. The minimum absolute atomic E-state index is 0.109. The zero-order chi connectivity index (χ0) is 35.1. The van der Waals surface area contributed by atoms with Crippen molar-refractivity contribution in [1.29, 1.82) is 0 Å². The first-order chi connectivity index (χ1) is 24.8. The lowest BCUT2D eigenvalue weighted by Crippen LogP contribution is -2.00. The Balaban J connectivity index is 1.35. The van der Waals surface area contributed by atoms with Gasteiger partial charge in [0.1, 0.15) is 0 Å². The predicted molar refractivity (Wildman–Crippen MR) is 190 cm³/mol. The SMILES string of the molecule is [2H]c1c([2H])c([2H])c(-c2cc(-c3ccc4cc(-c5ccccc5)ccc4c3)cc(-c3nc(-c4ccccc4)nc(-c4ccccc4)n3)c2)c([2H])c1[2H]. The molecule has 0 bridgehead atoms. The Morgan fingerprint density at radius 1 is 0.304 bits per heavy atom. The van der Waals surface area contributed by atoms with Crippen molar-refractivity contribution in [3.63, 3.8) is 0 Å². The molecule has 0 aliphatic carbocycles. The van der Waals surface area contributed by atoms with Crippen LogP contribution < -0.4 is 0 Å². The third kappa shape index (κ3) is 5.58. The van der Waals surface area contributed by atoms with Crippen LogP contribution in [0.5, 0.6) is 0 Å². The molecule has 3 heteroatoms. The maximum atomic E-state index is 8.80. The molecule has 1 heterocycles. The summed E-state index contributed by atoms with van der Waals surface area (Å²) >= 11 is 0. The number of hydrogen-bond donors (Lipinski definition) is 0. The second-order valence-electron chi connectivity index (χ2n) is 11.0. The molecule has 0 aliphatic rings. The molecule has 8 aromatic rings. The number of hydrogen-bond acceptors (Lipinski definition) is 3. The van der Waals surface area contributed by atoms with E-state index in [-0.39, 0.29) is 17.6 Å². The summed E-state index contributed by atoms with van der Waals surface area (Å²) < 4.78 is 42.6. The summed E-state index contributed by atoms with van der Waals surface area (Å²) in [7, 11) is 0. The fraction of sp³-hybridized carbons (Fsp3) is 0. The van der Waals surface area contributed by atoms with Gasteiger partial charge in [-0.25, -0.2) is 15.0 Å². The fourth-order valence-electron chi connectivity index (χ4n) is 5.64. The Morgan fingerprint density at radius 3 is 1.24 bits per heavy atom. The van der Waals surface area contributed by atoms with E-state index in [0.29, 0.717) is 28.6 Å². The largest absolute Gasteiger partial charge is 0.208 e. The topological polar surface area (TPSA) is 38.7 Å². The zero-order valence-electron chi connectivity index (χ0n) is 29.7. The molecule has 1 aromatic heterocycles. The van der Waals surface area contributed by atoms with E-state index < -0.39 is 18.1 Å². The fourth-order valence-corrected chi connectivity index (χ4v) is 5.64. The standard InChI is InChI=1S/C43H29N3/c1-5-13-30(14-6-1)34-21-22-36-26-37(24-23-35(36)25-34)39-27-38(31-15-7-2-8-16-31)28-40(29-39)43-45-41(32-17-9-3-10-18-32)44-42(46-43)33-19-11-4-12-20-33/h1-29H/i2D,7D,8D,15D,16D. The van der Waals surface area contributed by atoms with Crippen LogP contribution in [0.25, 0.3) is 78.3 Å². The second kappa shape index (κ2) is 12.1. The zero-order valence-corrected chi connectivity index (χ0v) is 24.7. The molecule has 0 unspecified atom stereocenters. The van der Waals surface area contributed by atoms with Gasteiger partial charge in [-0.05, 0) is 74.5 Å². The first-order valence-electron chi connectivity index (χ1n) is 17.5. The molecular formula is C43H29N3. The Morgan fingerprint density at radius 2 is 0.717 bits per heavy atom. The number of rotatable bonds is 6. The van der Waals surface area contributed by atoms with Gasteiger partial charge in [0.05, 0.1) is 6.85 Å². The van der Waals surface area contributed by atoms with Gasteiger partial charge < -0.3 is 0 Å². The number of aromatic nitrogens is 3. The summed E-state index contributed by atoms with van der Waals surface area (Å²) in [5.74, 6) is 1.38. The lowest BCUT2D eigenvalue weighted by Gasteiger charge is -2.13. The van der Waals surface area contributed by atoms with Gasteiger partial charge in [0.2, 0.25) is 0 Å². The van der Waals surface area contributed by atoms with Crippen LogP contribution in [-0.4, -0.2) is 15.0 Å². The molecule has 46 heavy (non-hydrogen) atoms.